The largest absolute Gasteiger partial charge is 0.367 e. The first kappa shape index (κ1) is 10.7. The zero-order valence-electron chi connectivity index (χ0n) is 9.38. The molecule has 2 heterocycles. The molecule has 1 aromatic rings. The summed E-state index contributed by atoms with van der Waals surface area (Å²) in [6.07, 6.45) is 3.54. The van der Waals surface area contributed by atoms with E-state index in [4.69, 9.17) is 0 Å². The Hall–Kier alpha value is -1.45. The molecule has 0 bridgehead atoms. The third kappa shape index (κ3) is 1.63. The van der Waals surface area contributed by atoms with Crippen molar-refractivity contribution >= 4 is 11.5 Å². The first-order valence-corrected chi connectivity index (χ1v) is 5.95. The van der Waals surface area contributed by atoms with Gasteiger partial charge in [0.15, 0.2) is 17.4 Å². The predicted molar refractivity (Wildman–Crippen MR) is 60.3 cm³/mol. The van der Waals surface area contributed by atoms with Crippen LogP contribution in [0.2, 0.25) is 0 Å². The number of rotatable bonds is 0. The number of hydrogen-bond acceptors (Lipinski definition) is 2. The highest BCUT2D eigenvalue weighted by molar-refractivity contribution is 6.03. The van der Waals surface area contributed by atoms with Crippen molar-refractivity contribution in [3.8, 4) is 0 Å². The topological polar surface area (TPSA) is 20.3 Å². The maximum atomic E-state index is 13.3. The van der Waals surface area contributed by atoms with Crippen LogP contribution in [-0.4, -0.2) is 18.4 Å². The second-order valence-corrected chi connectivity index (χ2v) is 4.75. The molecule has 3 rings (SSSR count). The lowest BCUT2D eigenvalue weighted by molar-refractivity contribution is 0.0960. The molecule has 1 atom stereocenters. The van der Waals surface area contributed by atoms with Gasteiger partial charge in [0, 0.05) is 30.6 Å². The van der Waals surface area contributed by atoms with Crippen molar-refractivity contribution in [1.82, 2.24) is 0 Å². The highest BCUT2D eigenvalue weighted by Gasteiger charge is 2.33. The maximum Gasteiger partial charge on any atom is 0.167 e. The van der Waals surface area contributed by atoms with Crippen molar-refractivity contribution in [2.45, 2.75) is 31.7 Å². The van der Waals surface area contributed by atoms with Gasteiger partial charge in [-0.1, -0.05) is 0 Å². The molecule has 0 spiro atoms. The normalized spacial score (nSPS) is 23.3. The monoisotopic (exact) mass is 237 g/mol. The fraction of sp³-hybridized carbons (Fsp3) is 0.462. The Morgan fingerprint density at radius 2 is 1.94 bits per heavy atom. The molecular formula is C13H13F2NO. The summed E-state index contributed by atoms with van der Waals surface area (Å²) in [5.74, 6) is -1.88. The van der Waals surface area contributed by atoms with E-state index in [0.29, 0.717) is 17.7 Å². The molecule has 2 aliphatic heterocycles. The van der Waals surface area contributed by atoms with Gasteiger partial charge in [-0.25, -0.2) is 8.78 Å². The number of ketones is 1. The number of piperidine rings is 1. The van der Waals surface area contributed by atoms with E-state index in [0.717, 1.165) is 31.9 Å². The van der Waals surface area contributed by atoms with Crippen LogP contribution in [0.1, 0.15) is 36.0 Å². The Morgan fingerprint density at radius 3 is 2.76 bits per heavy atom. The van der Waals surface area contributed by atoms with Crippen LogP contribution in [0.3, 0.4) is 0 Å². The van der Waals surface area contributed by atoms with Crippen molar-refractivity contribution in [3.05, 3.63) is 29.3 Å². The van der Waals surface area contributed by atoms with Gasteiger partial charge in [-0.05, 0) is 25.3 Å². The minimum absolute atomic E-state index is 0.0675. The van der Waals surface area contributed by atoms with Gasteiger partial charge in [-0.15, -0.1) is 0 Å². The molecular weight excluding hydrogens is 224 g/mol. The van der Waals surface area contributed by atoms with Gasteiger partial charge in [0.2, 0.25) is 0 Å². The zero-order valence-corrected chi connectivity index (χ0v) is 9.38. The summed E-state index contributed by atoms with van der Waals surface area (Å²) >= 11 is 0. The van der Waals surface area contributed by atoms with Gasteiger partial charge in [-0.2, -0.15) is 0 Å². The fourth-order valence-corrected chi connectivity index (χ4v) is 2.85. The SMILES string of the molecule is O=C1CC2CCCCN2c2cc(F)c(F)cc21. The summed E-state index contributed by atoms with van der Waals surface area (Å²) in [7, 11) is 0. The van der Waals surface area contributed by atoms with Gasteiger partial charge >= 0.3 is 0 Å². The Labute approximate surface area is 98.2 Å². The molecule has 17 heavy (non-hydrogen) atoms. The second kappa shape index (κ2) is 3.79. The number of carbonyl (C=O) groups is 1. The van der Waals surface area contributed by atoms with E-state index in [-0.39, 0.29) is 11.8 Å². The van der Waals surface area contributed by atoms with Crippen LogP contribution in [0.25, 0.3) is 0 Å². The highest BCUT2D eigenvalue weighted by atomic mass is 19.2. The third-order valence-corrected chi connectivity index (χ3v) is 3.70. The lowest BCUT2D eigenvalue weighted by atomic mass is 9.88. The maximum absolute atomic E-state index is 13.3. The van der Waals surface area contributed by atoms with Gasteiger partial charge < -0.3 is 4.90 Å². The van der Waals surface area contributed by atoms with Crippen LogP contribution in [0, 0.1) is 11.6 Å². The van der Waals surface area contributed by atoms with Gasteiger partial charge in [0.25, 0.3) is 0 Å². The molecule has 2 aliphatic rings. The minimum atomic E-state index is -0.937. The van der Waals surface area contributed by atoms with E-state index < -0.39 is 11.6 Å². The molecule has 0 aromatic heterocycles. The number of hydrogen-bond donors (Lipinski definition) is 0. The number of anilines is 1. The zero-order chi connectivity index (χ0) is 12.0. The van der Waals surface area contributed by atoms with E-state index >= 15 is 0 Å². The molecule has 2 nitrogen and oxygen atoms in total. The van der Waals surface area contributed by atoms with Gasteiger partial charge in [0.1, 0.15) is 0 Å². The molecule has 0 amide bonds. The standard InChI is InChI=1S/C13H13F2NO/c14-10-6-9-12(7-11(10)15)16-4-2-1-3-8(16)5-13(9)17/h6-8H,1-5H2. The number of carbonyl (C=O) groups excluding carboxylic acids is 1. The average molecular weight is 237 g/mol. The van der Waals surface area contributed by atoms with E-state index in [2.05, 4.69) is 4.90 Å². The molecule has 4 heteroatoms. The van der Waals surface area contributed by atoms with Gasteiger partial charge in [-0.3, -0.25) is 4.79 Å². The van der Waals surface area contributed by atoms with E-state index in [9.17, 15) is 13.6 Å². The Kier molecular flexibility index (Phi) is 2.38. The summed E-state index contributed by atoms with van der Waals surface area (Å²) in [6, 6.07) is 2.38. The van der Waals surface area contributed by atoms with Crippen LogP contribution < -0.4 is 4.90 Å². The average Bonchev–Trinajstić information content (AvgIpc) is 2.32. The highest BCUT2D eigenvalue weighted by Crippen LogP contribution is 2.36. The number of benzene rings is 1. The lowest BCUT2D eigenvalue weighted by Gasteiger charge is -2.41. The molecule has 0 N–H and O–H groups in total. The van der Waals surface area contributed by atoms with Crippen LogP contribution in [0.5, 0.6) is 0 Å². The molecule has 1 saturated heterocycles. The lowest BCUT2D eigenvalue weighted by Crippen LogP contribution is -2.44. The van der Waals surface area contributed by atoms with Crippen molar-refractivity contribution in [2.75, 3.05) is 11.4 Å². The second-order valence-electron chi connectivity index (χ2n) is 4.75. The summed E-state index contributed by atoms with van der Waals surface area (Å²) < 4.78 is 26.4. The molecule has 0 aliphatic carbocycles. The van der Waals surface area contributed by atoms with Crippen LogP contribution >= 0.6 is 0 Å². The fourth-order valence-electron chi connectivity index (χ4n) is 2.85. The Balaban J connectivity index is 2.12. The first-order chi connectivity index (χ1) is 8.16. The van der Waals surface area contributed by atoms with Crippen LogP contribution in [0.4, 0.5) is 14.5 Å². The first-order valence-electron chi connectivity index (χ1n) is 5.95. The van der Waals surface area contributed by atoms with Crippen molar-refractivity contribution in [1.29, 1.82) is 0 Å². The molecule has 1 aromatic carbocycles. The van der Waals surface area contributed by atoms with Crippen molar-refractivity contribution in [2.24, 2.45) is 0 Å². The quantitative estimate of drug-likeness (QED) is 0.691. The summed E-state index contributed by atoms with van der Waals surface area (Å²) in [5.41, 5.74) is 0.909. The molecule has 0 saturated carbocycles. The third-order valence-electron chi connectivity index (χ3n) is 3.70. The van der Waals surface area contributed by atoms with Crippen molar-refractivity contribution in [3.63, 3.8) is 0 Å². The molecule has 90 valence electrons. The smallest absolute Gasteiger partial charge is 0.167 e. The van der Waals surface area contributed by atoms with E-state index in [1.807, 2.05) is 0 Å². The van der Waals surface area contributed by atoms with E-state index in [1.165, 1.54) is 6.07 Å². The van der Waals surface area contributed by atoms with Crippen LogP contribution in [0.15, 0.2) is 12.1 Å². The van der Waals surface area contributed by atoms with Crippen molar-refractivity contribution < 1.29 is 13.6 Å². The summed E-state index contributed by atoms with van der Waals surface area (Å²) in [5, 5.41) is 0. The number of Topliss-reactive ketones (excluding diaryl/α,β-unsaturated/α-hetero) is 1. The molecule has 0 radical (unpaired) electrons. The van der Waals surface area contributed by atoms with Gasteiger partial charge in [0.05, 0.1) is 5.69 Å². The Bertz CT molecular complexity index is 487. The van der Waals surface area contributed by atoms with E-state index in [1.54, 1.807) is 0 Å². The number of fused-ring (bicyclic) bond motifs is 3. The predicted octanol–water partition coefficient (Wildman–Crippen LogP) is 2.91. The minimum Gasteiger partial charge on any atom is -0.367 e. The molecule has 1 fully saturated rings. The summed E-state index contributed by atoms with van der Waals surface area (Å²) in [6.45, 7) is 0.829. The summed E-state index contributed by atoms with van der Waals surface area (Å²) in [4.78, 5) is 13.9. The van der Waals surface area contributed by atoms with Crippen LogP contribution in [-0.2, 0) is 0 Å². The number of halogens is 2. The number of nitrogens with zero attached hydrogens (tertiary/aromatic N) is 1. The Morgan fingerprint density at radius 1 is 1.18 bits per heavy atom. The molecule has 1 unspecified atom stereocenters.